The summed E-state index contributed by atoms with van der Waals surface area (Å²) in [5.74, 6) is -2.42. The smallest absolute Gasteiger partial charge is 0.326 e. The number of carbonyl (C=O) groups excluding carboxylic acids is 2. The fraction of sp³-hybridized carbons (Fsp3) is 0.464. The molecule has 216 valence electrons. The average Bonchev–Trinajstić information content (AvgIpc) is 2.94. The molecular formula is C28H37N5O6S. The maximum atomic E-state index is 13.0. The summed E-state index contributed by atoms with van der Waals surface area (Å²) in [4.78, 5) is 41.4. The number of amides is 3. The Kier molecular flexibility index (Phi) is 9.77. The van der Waals surface area contributed by atoms with Gasteiger partial charge in [0, 0.05) is 51.4 Å². The molecule has 2 atom stereocenters. The molecule has 2 heterocycles. The van der Waals surface area contributed by atoms with E-state index in [1.807, 2.05) is 13.1 Å². The van der Waals surface area contributed by atoms with E-state index in [-0.39, 0.29) is 24.7 Å². The van der Waals surface area contributed by atoms with Gasteiger partial charge in [-0.25, -0.2) is 22.3 Å². The van der Waals surface area contributed by atoms with Crippen LogP contribution in [0.4, 0.5) is 10.5 Å². The zero-order chi connectivity index (χ0) is 28.7. The number of urea groups is 1. The predicted octanol–water partition coefficient (Wildman–Crippen LogP) is 1.82. The molecule has 2 aliphatic rings. The molecule has 2 aromatic rings. The Bertz CT molecular complexity index is 1280. The van der Waals surface area contributed by atoms with Gasteiger partial charge in [0.25, 0.3) is 0 Å². The van der Waals surface area contributed by atoms with Gasteiger partial charge in [0.1, 0.15) is 6.04 Å². The van der Waals surface area contributed by atoms with E-state index in [2.05, 4.69) is 15.5 Å². The number of anilines is 1. The number of benzene rings is 2. The molecule has 3 amide bonds. The number of rotatable bonds is 9. The molecule has 2 saturated heterocycles. The number of sulfonamides is 1. The molecule has 0 bridgehead atoms. The standard InChI is InChI=1S/C28H37N5O6S/c1-31-14-16-32(17-15-31)28(37)29-24-11-9-21(10-12-24)18-25(27(35)36)30-26(34)23-8-5-13-33(19-23)40(38,39)20-22-6-3-2-4-7-22/h2-4,6-7,9-12,23,25H,5,8,13-20H2,1H3,(H,29,37)(H,30,34)(H,35,36)/t23?,25-/m0/s1. The summed E-state index contributed by atoms with van der Waals surface area (Å²) in [5.41, 5.74) is 1.95. The summed E-state index contributed by atoms with van der Waals surface area (Å²) < 4.78 is 27.3. The number of hydrogen-bond acceptors (Lipinski definition) is 6. The largest absolute Gasteiger partial charge is 0.480 e. The maximum Gasteiger partial charge on any atom is 0.326 e. The summed E-state index contributed by atoms with van der Waals surface area (Å²) in [5, 5.41) is 15.3. The molecule has 2 fully saturated rings. The first-order valence-corrected chi connectivity index (χ1v) is 15.1. The second-order valence-corrected chi connectivity index (χ2v) is 12.4. The van der Waals surface area contributed by atoms with Gasteiger partial charge in [-0.1, -0.05) is 42.5 Å². The summed E-state index contributed by atoms with van der Waals surface area (Å²) in [7, 11) is -1.60. The molecular weight excluding hydrogens is 534 g/mol. The van der Waals surface area contributed by atoms with Gasteiger partial charge in [-0.3, -0.25) is 4.79 Å². The summed E-state index contributed by atoms with van der Waals surface area (Å²) in [6.07, 6.45) is 1.05. The van der Waals surface area contributed by atoms with Crippen LogP contribution in [0.15, 0.2) is 54.6 Å². The quantitative estimate of drug-likeness (QED) is 0.417. The van der Waals surface area contributed by atoms with Crippen molar-refractivity contribution in [2.24, 2.45) is 5.92 Å². The highest BCUT2D eigenvalue weighted by atomic mass is 32.2. The van der Waals surface area contributed by atoms with Crippen molar-refractivity contribution >= 4 is 33.6 Å². The van der Waals surface area contributed by atoms with Gasteiger partial charge in [-0.2, -0.15) is 0 Å². The number of piperazine rings is 1. The van der Waals surface area contributed by atoms with Crippen LogP contribution in [0, 0.1) is 5.92 Å². The first kappa shape index (κ1) is 29.5. The van der Waals surface area contributed by atoms with Gasteiger partial charge in [-0.05, 0) is 43.1 Å². The fourth-order valence-corrected chi connectivity index (χ4v) is 6.56. The predicted molar refractivity (Wildman–Crippen MR) is 151 cm³/mol. The van der Waals surface area contributed by atoms with Gasteiger partial charge in [0.05, 0.1) is 11.7 Å². The SMILES string of the molecule is CN1CCN(C(=O)Nc2ccc(C[C@H](NC(=O)C3CCCN(S(=O)(=O)Cc4ccccc4)C3)C(=O)O)cc2)CC1. The van der Waals surface area contributed by atoms with Crippen molar-refractivity contribution in [1.29, 1.82) is 0 Å². The Hall–Kier alpha value is -3.48. The monoisotopic (exact) mass is 571 g/mol. The topological polar surface area (TPSA) is 139 Å². The average molecular weight is 572 g/mol. The molecule has 0 aromatic heterocycles. The van der Waals surface area contributed by atoms with E-state index in [1.165, 1.54) is 4.31 Å². The number of hydrogen-bond donors (Lipinski definition) is 3. The molecule has 40 heavy (non-hydrogen) atoms. The molecule has 1 unspecified atom stereocenters. The second kappa shape index (κ2) is 13.2. The zero-order valence-electron chi connectivity index (χ0n) is 22.7. The number of nitrogens with one attached hydrogen (secondary N) is 2. The maximum absolute atomic E-state index is 13.0. The van der Waals surface area contributed by atoms with Crippen LogP contribution in [0.25, 0.3) is 0 Å². The van der Waals surface area contributed by atoms with Gasteiger partial charge in [0.2, 0.25) is 15.9 Å². The Morgan fingerprint density at radius 2 is 1.62 bits per heavy atom. The lowest BCUT2D eigenvalue weighted by Crippen LogP contribution is -2.50. The second-order valence-electron chi connectivity index (χ2n) is 10.5. The van der Waals surface area contributed by atoms with E-state index in [9.17, 15) is 27.9 Å². The lowest BCUT2D eigenvalue weighted by molar-refractivity contribution is -0.142. The first-order valence-electron chi connectivity index (χ1n) is 13.5. The Morgan fingerprint density at radius 3 is 2.27 bits per heavy atom. The normalized spacial score (nSPS) is 19.5. The lowest BCUT2D eigenvalue weighted by Gasteiger charge is -2.32. The zero-order valence-corrected chi connectivity index (χ0v) is 23.5. The van der Waals surface area contributed by atoms with E-state index in [0.29, 0.717) is 49.3 Å². The van der Waals surface area contributed by atoms with E-state index in [1.54, 1.807) is 53.4 Å². The van der Waals surface area contributed by atoms with Crippen LogP contribution in [-0.2, 0) is 31.8 Å². The number of carboxylic acid groups (broad SMARTS) is 1. The number of carboxylic acids is 1. The number of nitrogens with zero attached hydrogens (tertiary/aromatic N) is 3. The van der Waals surface area contributed by atoms with Crippen molar-refractivity contribution in [2.45, 2.75) is 31.1 Å². The summed E-state index contributed by atoms with van der Waals surface area (Å²) in [6, 6.07) is 14.4. The van der Waals surface area contributed by atoms with Crippen molar-refractivity contribution in [2.75, 3.05) is 51.6 Å². The molecule has 3 N–H and O–H groups in total. The molecule has 2 aliphatic heterocycles. The minimum absolute atomic E-state index is 0.0229. The third-order valence-electron chi connectivity index (χ3n) is 7.39. The van der Waals surface area contributed by atoms with E-state index in [0.717, 1.165) is 13.1 Å². The van der Waals surface area contributed by atoms with Gasteiger partial charge in [0.15, 0.2) is 0 Å². The van der Waals surface area contributed by atoms with Crippen LogP contribution >= 0.6 is 0 Å². The molecule has 4 rings (SSSR count). The van der Waals surface area contributed by atoms with Crippen LogP contribution in [-0.4, -0.2) is 97.9 Å². The third-order valence-corrected chi connectivity index (χ3v) is 9.21. The third kappa shape index (κ3) is 8.03. The van der Waals surface area contributed by atoms with Crippen LogP contribution < -0.4 is 10.6 Å². The molecule has 0 spiro atoms. The molecule has 2 aromatic carbocycles. The Labute approximate surface area is 235 Å². The van der Waals surface area contributed by atoms with Gasteiger partial charge in [-0.15, -0.1) is 0 Å². The van der Waals surface area contributed by atoms with Gasteiger partial charge >= 0.3 is 12.0 Å². The summed E-state index contributed by atoms with van der Waals surface area (Å²) >= 11 is 0. The van der Waals surface area contributed by atoms with Crippen molar-refractivity contribution in [3.8, 4) is 0 Å². The minimum atomic E-state index is -3.62. The highest BCUT2D eigenvalue weighted by Gasteiger charge is 2.34. The van der Waals surface area contributed by atoms with Crippen molar-refractivity contribution in [3.05, 3.63) is 65.7 Å². The molecule has 0 aliphatic carbocycles. The van der Waals surface area contributed by atoms with Crippen molar-refractivity contribution < 1.29 is 27.9 Å². The van der Waals surface area contributed by atoms with Crippen LogP contribution in [0.3, 0.4) is 0 Å². The van der Waals surface area contributed by atoms with Crippen LogP contribution in [0.2, 0.25) is 0 Å². The highest BCUT2D eigenvalue weighted by molar-refractivity contribution is 7.88. The Morgan fingerprint density at radius 1 is 0.950 bits per heavy atom. The van der Waals surface area contributed by atoms with E-state index in [4.69, 9.17) is 0 Å². The number of carbonyl (C=O) groups is 3. The van der Waals surface area contributed by atoms with E-state index >= 15 is 0 Å². The van der Waals surface area contributed by atoms with Crippen LogP contribution in [0.5, 0.6) is 0 Å². The van der Waals surface area contributed by atoms with Crippen molar-refractivity contribution in [3.63, 3.8) is 0 Å². The minimum Gasteiger partial charge on any atom is -0.480 e. The number of likely N-dealkylation sites (N-methyl/N-ethyl adjacent to an activating group) is 1. The Balaban J connectivity index is 1.31. The van der Waals surface area contributed by atoms with Crippen LogP contribution in [0.1, 0.15) is 24.0 Å². The number of aliphatic carboxylic acids is 1. The first-order chi connectivity index (χ1) is 19.1. The number of piperidine rings is 1. The molecule has 0 saturated carbocycles. The molecule has 11 nitrogen and oxygen atoms in total. The lowest BCUT2D eigenvalue weighted by atomic mass is 9.97. The molecule has 0 radical (unpaired) electrons. The molecule has 12 heteroatoms. The van der Waals surface area contributed by atoms with Gasteiger partial charge < -0.3 is 25.5 Å². The summed E-state index contributed by atoms with van der Waals surface area (Å²) in [6.45, 7) is 3.29. The van der Waals surface area contributed by atoms with Crippen molar-refractivity contribution in [1.82, 2.24) is 19.4 Å². The van der Waals surface area contributed by atoms with E-state index < -0.39 is 33.9 Å². The fourth-order valence-electron chi connectivity index (χ4n) is 4.95. The highest BCUT2D eigenvalue weighted by Crippen LogP contribution is 2.22.